The summed E-state index contributed by atoms with van der Waals surface area (Å²) in [7, 11) is 0. The summed E-state index contributed by atoms with van der Waals surface area (Å²) in [5, 5.41) is 7.96. The number of carbonyl (C=O) groups excluding carboxylic acids is 1. The Hall–Kier alpha value is -3.29. The molecule has 4 rings (SSSR count). The smallest absolute Gasteiger partial charge is 0.292 e. The highest BCUT2D eigenvalue weighted by molar-refractivity contribution is 6.42. The van der Waals surface area contributed by atoms with Crippen LogP contribution in [0.25, 0.3) is 0 Å². The van der Waals surface area contributed by atoms with Crippen molar-refractivity contribution in [3.8, 4) is 5.75 Å². The summed E-state index contributed by atoms with van der Waals surface area (Å²) >= 11 is 12.0. The van der Waals surface area contributed by atoms with Crippen molar-refractivity contribution in [1.82, 2.24) is 9.78 Å². The van der Waals surface area contributed by atoms with Crippen molar-refractivity contribution in [2.24, 2.45) is 0 Å². The predicted molar refractivity (Wildman–Crippen MR) is 115 cm³/mol. The average molecular weight is 460 g/mol. The van der Waals surface area contributed by atoms with E-state index in [9.17, 15) is 9.18 Å². The average Bonchev–Trinajstić information content (AvgIpc) is 3.40. The van der Waals surface area contributed by atoms with Gasteiger partial charge in [-0.05, 0) is 54.1 Å². The number of furan rings is 1. The molecule has 0 saturated heterocycles. The zero-order valence-corrected chi connectivity index (χ0v) is 17.5. The highest BCUT2D eigenvalue weighted by Crippen LogP contribution is 2.23. The fourth-order valence-corrected chi connectivity index (χ4v) is 3.10. The Bertz CT molecular complexity index is 1200. The van der Waals surface area contributed by atoms with Crippen LogP contribution in [0.4, 0.5) is 10.2 Å². The molecule has 0 bridgehead atoms. The first-order valence-electron chi connectivity index (χ1n) is 9.22. The number of aromatic nitrogens is 2. The molecule has 31 heavy (non-hydrogen) atoms. The van der Waals surface area contributed by atoms with Crippen molar-refractivity contribution in [2.75, 3.05) is 5.32 Å². The fourth-order valence-electron chi connectivity index (χ4n) is 2.78. The lowest BCUT2D eigenvalue weighted by Gasteiger charge is -2.04. The molecule has 0 aliphatic carbocycles. The zero-order valence-electron chi connectivity index (χ0n) is 16.0. The summed E-state index contributed by atoms with van der Waals surface area (Å²) in [6.45, 7) is 0.579. The molecular weight excluding hydrogens is 444 g/mol. The van der Waals surface area contributed by atoms with Gasteiger partial charge in [-0.2, -0.15) is 5.10 Å². The van der Waals surface area contributed by atoms with Crippen LogP contribution in [0, 0.1) is 5.82 Å². The lowest BCUT2D eigenvalue weighted by Crippen LogP contribution is -2.12. The summed E-state index contributed by atoms with van der Waals surface area (Å²) < 4.78 is 25.6. The fraction of sp³-hybridized carbons (Fsp3) is 0.0909. The second-order valence-electron chi connectivity index (χ2n) is 6.61. The number of benzene rings is 2. The molecule has 9 heteroatoms. The van der Waals surface area contributed by atoms with Gasteiger partial charge in [-0.15, -0.1) is 0 Å². The Balaban J connectivity index is 1.33. The zero-order chi connectivity index (χ0) is 21.8. The number of amides is 1. The van der Waals surface area contributed by atoms with Crippen molar-refractivity contribution < 1.29 is 18.3 Å². The van der Waals surface area contributed by atoms with E-state index in [1.165, 1.54) is 24.3 Å². The van der Waals surface area contributed by atoms with Gasteiger partial charge in [0.2, 0.25) is 0 Å². The molecule has 1 N–H and O–H groups in total. The van der Waals surface area contributed by atoms with Crippen molar-refractivity contribution in [3.05, 3.63) is 99.8 Å². The summed E-state index contributed by atoms with van der Waals surface area (Å²) in [4.78, 5) is 12.4. The maximum absolute atomic E-state index is 12.9. The van der Waals surface area contributed by atoms with E-state index in [0.29, 0.717) is 33.9 Å². The third-order valence-corrected chi connectivity index (χ3v) is 5.03. The van der Waals surface area contributed by atoms with Gasteiger partial charge in [0.1, 0.15) is 23.9 Å². The van der Waals surface area contributed by atoms with Crippen molar-refractivity contribution in [1.29, 1.82) is 0 Å². The van der Waals surface area contributed by atoms with Gasteiger partial charge in [-0.1, -0.05) is 29.3 Å². The molecule has 0 aliphatic rings. The highest BCUT2D eigenvalue weighted by atomic mass is 35.5. The first-order chi connectivity index (χ1) is 15.0. The molecule has 0 fully saturated rings. The Morgan fingerprint density at radius 3 is 2.65 bits per heavy atom. The van der Waals surface area contributed by atoms with Crippen LogP contribution >= 0.6 is 23.2 Å². The van der Waals surface area contributed by atoms with E-state index in [4.69, 9.17) is 32.4 Å². The normalized spacial score (nSPS) is 10.8. The van der Waals surface area contributed by atoms with Crippen LogP contribution in [-0.2, 0) is 13.2 Å². The lowest BCUT2D eigenvalue weighted by atomic mass is 10.2. The molecule has 0 unspecified atom stereocenters. The highest BCUT2D eigenvalue weighted by Gasteiger charge is 2.13. The van der Waals surface area contributed by atoms with E-state index in [2.05, 4.69) is 10.4 Å². The molecule has 2 heterocycles. The van der Waals surface area contributed by atoms with Gasteiger partial charge in [-0.25, -0.2) is 4.39 Å². The molecule has 2 aromatic carbocycles. The van der Waals surface area contributed by atoms with E-state index in [1.807, 2.05) is 6.07 Å². The molecule has 2 aromatic heterocycles. The number of halogens is 3. The molecule has 0 spiro atoms. The molecular formula is C22H16Cl2FN3O3. The first kappa shape index (κ1) is 21.0. The number of hydrogen-bond donors (Lipinski definition) is 1. The van der Waals surface area contributed by atoms with Crippen LogP contribution in [-0.4, -0.2) is 15.7 Å². The minimum atomic E-state index is -0.437. The largest absolute Gasteiger partial charge is 0.486 e. The maximum Gasteiger partial charge on any atom is 0.292 e. The van der Waals surface area contributed by atoms with Gasteiger partial charge < -0.3 is 14.5 Å². The number of anilines is 1. The van der Waals surface area contributed by atoms with Crippen molar-refractivity contribution >= 4 is 34.9 Å². The van der Waals surface area contributed by atoms with Gasteiger partial charge in [0.15, 0.2) is 11.6 Å². The molecule has 6 nitrogen and oxygen atoms in total. The molecule has 1 amide bonds. The number of ether oxygens (including phenoxy) is 1. The maximum atomic E-state index is 12.9. The van der Waals surface area contributed by atoms with Crippen molar-refractivity contribution in [3.63, 3.8) is 0 Å². The standard InChI is InChI=1S/C22H16Cl2FN3O3/c23-18-7-1-14(11-19(18)24)12-28-10-9-21(27-28)26-22(29)20-8-6-17(31-20)13-30-16-4-2-15(25)3-5-16/h1-11H,12-13H2,(H,26,27,29). The summed E-state index contributed by atoms with van der Waals surface area (Å²) in [5.74, 6) is 0.676. The molecule has 0 radical (unpaired) electrons. The molecule has 0 saturated carbocycles. The molecule has 4 aromatic rings. The molecule has 0 aliphatic heterocycles. The second-order valence-corrected chi connectivity index (χ2v) is 7.42. The van der Waals surface area contributed by atoms with Crippen LogP contribution in [0.5, 0.6) is 5.75 Å². The molecule has 0 atom stereocenters. The van der Waals surface area contributed by atoms with Crippen LogP contribution < -0.4 is 10.1 Å². The van der Waals surface area contributed by atoms with E-state index in [1.54, 1.807) is 41.2 Å². The van der Waals surface area contributed by atoms with E-state index in [0.717, 1.165) is 5.56 Å². The third kappa shape index (κ3) is 5.45. The van der Waals surface area contributed by atoms with E-state index < -0.39 is 5.91 Å². The Morgan fingerprint density at radius 2 is 1.87 bits per heavy atom. The Morgan fingerprint density at radius 1 is 1.06 bits per heavy atom. The number of carbonyl (C=O) groups is 1. The molecule has 158 valence electrons. The summed E-state index contributed by atoms with van der Waals surface area (Å²) in [5.41, 5.74) is 0.923. The van der Waals surface area contributed by atoms with Gasteiger partial charge in [0.05, 0.1) is 16.6 Å². The topological polar surface area (TPSA) is 69.3 Å². The number of rotatable bonds is 7. The minimum Gasteiger partial charge on any atom is -0.486 e. The Kier molecular flexibility index (Phi) is 6.25. The van der Waals surface area contributed by atoms with Crippen LogP contribution in [0.3, 0.4) is 0 Å². The van der Waals surface area contributed by atoms with E-state index in [-0.39, 0.29) is 18.2 Å². The van der Waals surface area contributed by atoms with Gasteiger partial charge >= 0.3 is 0 Å². The van der Waals surface area contributed by atoms with Crippen LogP contribution in [0.15, 0.2) is 71.3 Å². The van der Waals surface area contributed by atoms with Crippen LogP contribution in [0.2, 0.25) is 10.0 Å². The van der Waals surface area contributed by atoms with Crippen LogP contribution in [0.1, 0.15) is 21.9 Å². The minimum absolute atomic E-state index is 0.108. The monoisotopic (exact) mass is 459 g/mol. The Labute approximate surface area is 187 Å². The number of hydrogen-bond acceptors (Lipinski definition) is 4. The van der Waals surface area contributed by atoms with Gasteiger partial charge in [-0.3, -0.25) is 9.48 Å². The SMILES string of the molecule is O=C(Nc1ccn(Cc2ccc(Cl)c(Cl)c2)n1)c1ccc(COc2ccc(F)cc2)o1. The predicted octanol–water partition coefficient (Wildman–Crippen LogP) is 5.80. The summed E-state index contributed by atoms with van der Waals surface area (Å²) in [6.07, 6.45) is 1.74. The number of nitrogens with zero attached hydrogens (tertiary/aromatic N) is 2. The quantitative estimate of drug-likeness (QED) is 0.379. The third-order valence-electron chi connectivity index (χ3n) is 4.29. The van der Waals surface area contributed by atoms with Crippen molar-refractivity contribution in [2.45, 2.75) is 13.2 Å². The lowest BCUT2D eigenvalue weighted by molar-refractivity contribution is 0.0992. The van der Waals surface area contributed by atoms with Gasteiger partial charge in [0, 0.05) is 12.3 Å². The summed E-state index contributed by atoms with van der Waals surface area (Å²) in [6, 6.07) is 15.8. The first-order valence-corrected chi connectivity index (χ1v) is 9.98. The van der Waals surface area contributed by atoms with E-state index >= 15 is 0 Å². The number of nitrogens with one attached hydrogen (secondary N) is 1. The second kappa shape index (κ2) is 9.24. The van der Waals surface area contributed by atoms with Gasteiger partial charge in [0.25, 0.3) is 5.91 Å².